The van der Waals surface area contributed by atoms with E-state index in [9.17, 15) is 14.9 Å². The Hall–Kier alpha value is -3.85. The molecule has 0 bridgehead atoms. The molecule has 0 saturated carbocycles. The fourth-order valence-corrected chi connectivity index (χ4v) is 4.04. The fraction of sp³-hybridized carbons (Fsp3) is 0.367. The lowest BCUT2D eigenvalue weighted by Crippen LogP contribution is -2.43. The summed E-state index contributed by atoms with van der Waals surface area (Å²) in [5, 5.41) is 9.62. The minimum absolute atomic E-state index is 0.0134. The van der Waals surface area contributed by atoms with Crippen LogP contribution < -0.4 is 9.47 Å². The third kappa shape index (κ3) is 6.42. The Labute approximate surface area is 213 Å². The van der Waals surface area contributed by atoms with Gasteiger partial charge in [-0.25, -0.2) is 0 Å². The molecule has 0 radical (unpaired) electrons. The number of unbranched alkanes of at least 4 members (excludes halogenated alkanes) is 3. The summed E-state index contributed by atoms with van der Waals surface area (Å²) in [5.74, 6) is 0.290. The number of hydrogen-bond acceptors (Lipinski definition) is 5. The van der Waals surface area contributed by atoms with Gasteiger partial charge in [-0.2, -0.15) is 5.26 Å². The van der Waals surface area contributed by atoms with Crippen molar-refractivity contribution in [3.8, 4) is 17.6 Å². The van der Waals surface area contributed by atoms with Crippen LogP contribution in [0.15, 0.2) is 59.2 Å². The number of nitriles is 1. The van der Waals surface area contributed by atoms with Crippen LogP contribution in [0.5, 0.6) is 11.5 Å². The van der Waals surface area contributed by atoms with E-state index in [1.54, 1.807) is 13.0 Å². The molecule has 1 aliphatic heterocycles. The van der Waals surface area contributed by atoms with Crippen LogP contribution in [0.25, 0.3) is 6.08 Å². The molecule has 0 fully saturated rings. The molecular formula is C30H34N2O4. The summed E-state index contributed by atoms with van der Waals surface area (Å²) in [6.07, 6.45) is 5.46. The molecular weight excluding hydrogens is 452 g/mol. The minimum atomic E-state index is -0.511. The number of rotatable bonds is 11. The van der Waals surface area contributed by atoms with Gasteiger partial charge in [0.25, 0.3) is 11.8 Å². The fourth-order valence-electron chi connectivity index (χ4n) is 4.04. The molecule has 2 amide bonds. The Morgan fingerprint density at radius 3 is 2.33 bits per heavy atom. The van der Waals surface area contributed by atoms with Crippen LogP contribution in [0, 0.1) is 18.3 Å². The smallest absolute Gasteiger partial charge is 0.271 e. The summed E-state index contributed by atoms with van der Waals surface area (Å²) < 4.78 is 11.8. The zero-order valence-corrected chi connectivity index (χ0v) is 21.6. The molecule has 0 saturated heterocycles. The second-order valence-electron chi connectivity index (χ2n) is 8.91. The van der Waals surface area contributed by atoms with Gasteiger partial charge in [0, 0.05) is 12.1 Å². The van der Waals surface area contributed by atoms with E-state index in [0.29, 0.717) is 42.4 Å². The average molecular weight is 487 g/mol. The number of ether oxygens (including phenoxy) is 2. The standard InChI is InChI=1S/C30H34N2O4/c1-5-7-8-9-16-32-29(33)25(22(4)26(19-31)30(32)34)17-24-14-15-27(28(18-24)35-6-2)36-20-23-12-10-21(3)11-13-23/h10-15,17-18H,5-9,16,20H2,1-4H3/b25-17+. The molecule has 0 unspecified atom stereocenters. The van der Waals surface area contributed by atoms with Crippen molar-refractivity contribution in [3.63, 3.8) is 0 Å². The van der Waals surface area contributed by atoms with Crippen molar-refractivity contribution in [2.45, 2.75) is 60.0 Å². The number of carbonyl (C=O) groups is 2. The second-order valence-corrected chi connectivity index (χ2v) is 8.91. The molecule has 188 valence electrons. The van der Waals surface area contributed by atoms with Crippen LogP contribution in [-0.4, -0.2) is 29.9 Å². The molecule has 2 aromatic rings. The van der Waals surface area contributed by atoms with Gasteiger partial charge in [0.1, 0.15) is 18.2 Å². The highest BCUT2D eigenvalue weighted by Gasteiger charge is 2.35. The lowest BCUT2D eigenvalue weighted by molar-refractivity contribution is -0.140. The Morgan fingerprint density at radius 2 is 1.67 bits per heavy atom. The lowest BCUT2D eigenvalue weighted by Gasteiger charge is -2.27. The van der Waals surface area contributed by atoms with E-state index in [2.05, 4.69) is 6.92 Å². The first-order valence-corrected chi connectivity index (χ1v) is 12.5. The Bertz CT molecular complexity index is 1200. The zero-order valence-electron chi connectivity index (χ0n) is 21.6. The van der Waals surface area contributed by atoms with Crippen molar-refractivity contribution < 1.29 is 19.1 Å². The highest BCUT2D eigenvalue weighted by molar-refractivity contribution is 6.19. The molecule has 2 aromatic carbocycles. The zero-order chi connectivity index (χ0) is 26.1. The van der Waals surface area contributed by atoms with E-state index in [1.165, 1.54) is 10.5 Å². The van der Waals surface area contributed by atoms with Gasteiger partial charge in [-0.3, -0.25) is 14.5 Å². The van der Waals surface area contributed by atoms with Gasteiger partial charge in [0.2, 0.25) is 0 Å². The number of nitrogens with zero attached hydrogens (tertiary/aromatic N) is 2. The Balaban J connectivity index is 1.88. The summed E-state index contributed by atoms with van der Waals surface area (Å²) in [4.78, 5) is 27.3. The quantitative estimate of drug-likeness (QED) is 0.216. The monoisotopic (exact) mass is 486 g/mol. The van der Waals surface area contributed by atoms with Gasteiger partial charge in [-0.1, -0.05) is 62.1 Å². The summed E-state index contributed by atoms with van der Waals surface area (Å²) in [7, 11) is 0. The average Bonchev–Trinajstić information content (AvgIpc) is 2.87. The van der Waals surface area contributed by atoms with Gasteiger partial charge in [0.15, 0.2) is 11.5 Å². The maximum Gasteiger partial charge on any atom is 0.271 e. The molecule has 0 aliphatic carbocycles. The predicted octanol–water partition coefficient (Wildman–Crippen LogP) is 6.15. The van der Waals surface area contributed by atoms with Crippen molar-refractivity contribution >= 4 is 17.9 Å². The molecule has 0 spiro atoms. The summed E-state index contributed by atoms with van der Waals surface area (Å²) in [5.41, 5.74) is 3.72. The minimum Gasteiger partial charge on any atom is -0.490 e. The molecule has 3 rings (SSSR count). The maximum absolute atomic E-state index is 13.3. The summed E-state index contributed by atoms with van der Waals surface area (Å²) >= 11 is 0. The van der Waals surface area contributed by atoms with Gasteiger partial charge in [-0.05, 0) is 62.1 Å². The first kappa shape index (κ1) is 26.7. The number of aryl methyl sites for hydroxylation is 1. The van der Waals surface area contributed by atoms with Crippen LogP contribution in [0.3, 0.4) is 0 Å². The summed E-state index contributed by atoms with van der Waals surface area (Å²) in [6.45, 7) is 8.86. The van der Waals surface area contributed by atoms with Crippen LogP contribution >= 0.6 is 0 Å². The number of imide groups is 1. The Kier molecular flexibility index (Phi) is 9.46. The van der Waals surface area contributed by atoms with Crippen LogP contribution in [0.2, 0.25) is 0 Å². The molecule has 1 aliphatic rings. The normalized spacial score (nSPS) is 14.9. The molecule has 36 heavy (non-hydrogen) atoms. The van der Waals surface area contributed by atoms with Gasteiger partial charge in [-0.15, -0.1) is 0 Å². The third-order valence-electron chi connectivity index (χ3n) is 6.15. The van der Waals surface area contributed by atoms with Crippen LogP contribution in [-0.2, 0) is 16.2 Å². The first-order valence-electron chi connectivity index (χ1n) is 12.5. The van der Waals surface area contributed by atoms with E-state index in [-0.39, 0.29) is 11.5 Å². The highest BCUT2D eigenvalue weighted by atomic mass is 16.5. The van der Waals surface area contributed by atoms with Gasteiger partial charge >= 0.3 is 0 Å². The van der Waals surface area contributed by atoms with E-state index in [1.807, 2.05) is 62.4 Å². The second kappa shape index (κ2) is 12.7. The van der Waals surface area contributed by atoms with Gasteiger partial charge in [0.05, 0.1) is 6.61 Å². The lowest BCUT2D eigenvalue weighted by atomic mass is 9.93. The van der Waals surface area contributed by atoms with Crippen molar-refractivity contribution in [1.29, 1.82) is 5.26 Å². The van der Waals surface area contributed by atoms with E-state index in [4.69, 9.17) is 9.47 Å². The SMILES string of the molecule is CCCCCCN1C(=O)C(C#N)=C(C)/C(=C\c2ccc(OCc3ccc(C)cc3)c(OCC)c2)C1=O. The van der Waals surface area contributed by atoms with Crippen LogP contribution in [0.1, 0.15) is 63.1 Å². The van der Waals surface area contributed by atoms with Gasteiger partial charge < -0.3 is 9.47 Å². The maximum atomic E-state index is 13.3. The molecule has 6 nitrogen and oxygen atoms in total. The molecule has 6 heteroatoms. The Morgan fingerprint density at radius 1 is 0.917 bits per heavy atom. The van der Waals surface area contributed by atoms with Crippen LogP contribution in [0.4, 0.5) is 0 Å². The summed E-state index contributed by atoms with van der Waals surface area (Å²) in [6, 6.07) is 15.6. The number of carbonyl (C=O) groups excluding carboxylic acids is 2. The largest absolute Gasteiger partial charge is 0.490 e. The van der Waals surface area contributed by atoms with Crippen molar-refractivity contribution in [3.05, 3.63) is 75.9 Å². The number of benzene rings is 2. The third-order valence-corrected chi connectivity index (χ3v) is 6.15. The van der Waals surface area contributed by atoms with Crippen molar-refractivity contribution in [2.24, 2.45) is 0 Å². The molecule has 1 heterocycles. The van der Waals surface area contributed by atoms with E-state index >= 15 is 0 Å². The topological polar surface area (TPSA) is 79.6 Å². The van der Waals surface area contributed by atoms with E-state index < -0.39 is 5.91 Å². The number of amides is 2. The van der Waals surface area contributed by atoms with E-state index in [0.717, 1.165) is 36.8 Å². The van der Waals surface area contributed by atoms with Crippen molar-refractivity contribution in [1.82, 2.24) is 4.90 Å². The van der Waals surface area contributed by atoms with Crippen molar-refractivity contribution in [2.75, 3.05) is 13.2 Å². The first-order chi connectivity index (χ1) is 17.4. The molecule has 0 N–H and O–H groups in total. The number of hydrogen-bond donors (Lipinski definition) is 0. The molecule has 0 atom stereocenters. The molecule has 0 aromatic heterocycles. The highest BCUT2D eigenvalue weighted by Crippen LogP contribution is 2.32. The predicted molar refractivity (Wildman–Crippen MR) is 140 cm³/mol.